The van der Waals surface area contributed by atoms with Gasteiger partial charge in [0.15, 0.2) is 6.04 Å². The van der Waals surface area contributed by atoms with Gasteiger partial charge < -0.3 is 19.9 Å². The maximum Gasteiger partial charge on any atom is 0.333 e. The molecule has 1 rings (SSSR count). The second-order valence-electron chi connectivity index (χ2n) is 5.83. The van der Waals surface area contributed by atoms with Crippen LogP contribution in [-0.4, -0.2) is 30.7 Å². The average Bonchev–Trinajstić information content (AvgIpc) is 2.43. The summed E-state index contributed by atoms with van der Waals surface area (Å²) in [6.45, 7) is 7.13. The van der Waals surface area contributed by atoms with E-state index in [1.807, 2.05) is 0 Å². The molecule has 6 nitrogen and oxygen atoms in total. The minimum absolute atomic E-state index is 0.00496. The lowest BCUT2D eigenvalue weighted by Gasteiger charge is -2.24. The largest absolute Gasteiger partial charge is 0.508 e. The minimum atomic E-state index is -0.998. The van der Waals surface area contributed by atoms with Crippen LogP contribution < -0.4 is 10.1 Å². The molecule has 22 heavy (non-hydrogen) atoms. The highest BCUT2D eigenvalue weighted by Gasteiger charge is 2.31. The molecule has 1 aromatic carbocycles. The van der Waals surface area contributed by atoms with Crippen molar-refractivity contribution in [3.8, 4) is 11.5 Å². The second-order valence-corrected chi connectivity index (χ2v) is 5.83. The van der Waals surface area contributed by atoms with Crippen LogP contribution >= 0.6 is 0 Å². The molecule has 0 aliphatic carbocycles. The maximum absolute atomic E-state index is 12.2. The Morgan fingerprint density at radius 1 is 1.32 bits per heavy atom. The highest BCUT2D eigenvalue weighted by atomic mass is 16.5. The predicted molar refractivity (Wildman–Crippen MR) is 81.6 cm³/mol. The maximum atomic E-state index is 12.2. The fourth-order valence-electron chi connectivity index (χ4n) is 1.78. The Bertz CT molecular complexity index is 548. The Balaban J connectivity index is 3.21. The van der Waals surface area contributed by atoms with E-state index in [1.54, 1.807) is 27.7 Å². The highest BCUT2D eigenvalue weighted by Crippen LogP contribution is 2.30. The minimum Gasteiger partial charge on any atom is -0.508 e. The van der Waals surface area contributed by atoms with Crippen LogP contribution in [0.1, 0.15) is 39.3 Å². The molecule has 0 radical (unpaired) electrons. The molecule has 1 atom stereocenters. The van der Waals surface area contributed by atoms with Gasteiger partial charge >= 0.3 is 5.97 Å². The second kappa shape index (κ2) is 7.15. The monoisotopic (exact) mass is 309 g/mol. The van der Waals surface area contributed by atoms with Crippen molar-refractivity contribution in [3.05, 3.63) is 23.8 Å². The molecule has 0 spiro atoms. The molecule has 0 heterocycles. The van der Waals surface area contributed by atoms with Gasteiger partial charge in [-0.1, -0.05) is 20.8 Å². The SMILES string of the molecule is CCOC(=O)C(NC(=O)C(C)(C)C)c1ccc(O)cc1OC. The number of hydrogen-bond acceptors (Lipinski definition) is 5. The molecular formula is C16H23NO5. The van der Waals surface area contributed by atoms with Crippen molar-refractivity contribution >= 4 is 11.9 Å². The Morgan fingerprint density at radius 2 is 1.95 bits per heavy atom. The van der Waals surface area contributed by atoms with E-state index in [0.29, 0.717) is 11.3 Å². The van der Waals surface area contributed by atoms with Crippen LogP contribution in [0.2, 0.25) is 0 Å². The molecule has 1 aromatic rings. The first-order chi connectivity index (χ1) is 10.2. The van der Waals surface area contributed by atoms with Crippen LogP contribution in [0.3, 0.4) is 0 Å². The average molecular weight is 309 g/mol. The van der Waals surface area contributed by atoms with E-state index < -0.39 is 17.4 Å². The topological polar surface area (TPSA) is 84.9 Å². The number of benzene rings is 1. The smallest absolute Gasteiger partial charge is 0.333 e. The van der Waals surface area contributed by atoms with Gasteiger partial charge in [0.05, 0.1) is 13.7 Å². The van der Waals surface area contributed by atoms with Gasteiger partial charge in [-0.2, -0.15) is 0 Å². The number of amides is 1. The Hall–Kier alpha value is -2.24. The van der Waals surface area contributed by atoms with Crippen molar-refractivity contribution in [3.63, 3.8) is 0 Å². The van der Waals surface area contributed by atoms with Gasteiger partial charge in [-0.15, -0.1) is 0 Å². The van der Waals surface area contributed by atoms with E-state index in [9.17, 15) is 14.7 Å². The molecule has 1 amide bonds. The van der Waals surface area contributed by atoms with E-state index in [2.05, 4.69) is 5.32 Å². The molecule has 6 heteroatoms. The number of carbonyl (C=O) groups excluding carboxylic acids is 2. The van der Waals surface area contributed by atoms with Gasteiger partial charge in [0.25, 0.3) is 0 Å². The fraction of sp³-hybridized carbons (Fsp3) is 0.500. The summed E-state index contributed by atoms with van der Waals surface area (Å²) in [7, 11) is 1.42. The van der Waals surface area contributed by atoms with Crippen molar-refractivity contribution in [2.24, 2.45) is 5.41 Å². The summed E-state index contributed by atoms with van der Waals surface area (Å²) >= 11 is 0. The summed E-state index contributed by atoms with van der Waals surface area (Å²) in [5, 5.41) is 12.2. The number of ether oxygens (including phenoxy) is 2. The van der Waals surface area contributed by atoms with Gasteiger partial charge in [0, 0.05) is 17.0 Å². The third-order valence-electron chi connectivity index (χ3n) is 3.01. The number of carbonyl (C=O) groups is 2. The number of esters is 1. The standard InChI is InChI=1S/C16H23NO5/c1-6-22-14(19)13(17-15(20)16(2,3)4)11-8-7-10(18)9-12(11)21-5/h7-9,13,18H,6H2,1-5H3,(H,17,20). The first kappa shape index (κ1) is 17.8. The van der Waals surface area contributed by atoms with Crippen LogP contribution in [0.4, 0.5) is 0 Å². The van der Waals surface area contributed by atoms with Gasteiger partial charge in [-0.3, -0.25) is 4.79 Å². The van der Waals surface area contributed by atoms with Gasteiger partial charge in [-0.05, 0) is 19.1 Å². The van der Waals surface area contributed by atoms with E-state index in [4.69, 9.17) is 9.47 Å². The first-order valence-corrected chi connectivity index (χ1v) is 7.05. The molecular weight excluding hydrogens is 286 g/mol. The van der Waals surface area contributed by atoms with Crippen molar-refractivity contribution in [1.29, 1.82) is 0 Å². The molecule has 0 fully saturated rings. The normalized spacial score (nSPS) is 12.4. The molecule has 0 saturated heterocycles. The molecule has 0 aromatic heterocycles. The van der Waals surface area contributed by atoms with Crippen molar-refractivity contribution in [2.45, 2.75) is 33.7 Å². The molecule has 0 aliphatic heterocycles. The third kappa shape index (κ3) is 4.38. The molecule has 122 valence electrons. The molecule has 2 N–H and O–H groups in total. The van der Waals surface area contributed by atoms with Gasteiger partial charge in [0.1, 0.15) is 11.5 Å². The Labute approximate surface area is 130 Å². The number of methoxy groups -OCH3 is 1. The summed E-state index contributed by atoms with van der Waals surface area (Å²) in [5.74, 6) is -0.567. The van der Waals surface area contributed by atoms with Gasteiger partial charge in [0.2, 0.25) is 5.91 Å². The third-order valence-corrected chi connectivity index (χ3v) is 3.01. The summed E-state index contributed by atoms with van der Waals surface area (Å²) in [6.07, 6.45) is 0. The zero-order valence-electron chi connectivity index (χ0n) is 13.6. The van der Waals surface area contributed by atoms with E-state index in [0.717, 1.165) is 0 Å². The lowest BCUT2D eigenvalue weighted by molar-refractivity contribution is -0.148. The van der Waals surface area contributed by atoms with Crippen molar-refractivity contribution < 1.29 is 24.2 Å². The Kier molecular flexibility index (Phi) is 5.79. The summed E-state index contributed by atoms with van der Waals surface area (Å²) < 4.78 is 10.2. The number of rotatable bonds is 5. The molecule has 1 unspecified atom stereocenters. The number of phenols is 1. The molecule has 0 bridgehead atoms. The summed E-state index contributed by atoms with van der Waals surface area (Å²) in [6, 6.07) is 3.33. The zero-order chi connectivity index (χ0) is 16.9. The van der Waals surface area contributed by atoms with Crippen LogP contribution in [0, 0.1) is 5.41 Å². The Morgan fingerprint density at radius 3 is 2.45 bits per heavy atom. The molecule has 0 saturated carbocycles. The van der Waals surface area contributed by atoms with Crippen LogP contribution in [0.15, 0.2) is 18.2 Å². The first-order valence-electron chi connectivity index (χ1n) is 7.05. The van der Waals surface area contributed by atoms with Gasteiger partial charge in [-0.25, -0.2) is 4.79 Å². The lowest BCUT2D eigenvalue weighted by atomic mass is 9.94. The summed E-state index contributed by atoms with van der Waals surface area (Å²) in [4.78, 5) is 24.4. The number of hydrogen-bond donors (Lipinski definition) is 2. The van der Waals surface area contributed by atoms with E-state index >= 15 is 0 Å². The number of phenolic OH excluding ortho intramolecular Hbond substituents is 1. The predicted octanol–water partition coefficient (Wildman–Crippen LogP) is 2.17. The quantitative estimate of drug-likeness (QED) is 0.814. The molecule has 0 aliphatic rings. The zero-order valence-corrected chi connectivity index (χ0v) is 13.6. The number of nitrogens with one attached hydrogen (secondary N) is 1. The van der Waals surface area contributed by atoms with Crippen molar-refractivity contribution in [1.82, 2.24) is 5.32 Å². The summed E-state index contributed by atoms with van der Waals surface area (Å²) in [5.41, 5.74) is -0.231. The van der Waals surface area contributed by atoms with E-state index in [1.165, 1.54) is 25.3 Å². The van der Waals surface area contributed by atoms with Crippen LogP contribution in [0.5, 0.6) is 11.5 Å². The highest BCUT2D eigenvalue weighted by molar-refractivity contribution is 5.88. The lowest BCUT2D eigenvalue weighted by Crippen LogP contribution is -2.41. The van der Waals surface area contributed by atoms with E-state index in [-0.39, 0.29) is 18.3 Å². The number of aromatic hydroxyl groups is 1. The van der Waals surface area contributed by atoms with Crippen LogP contribution in [-0.2, 0) is 14.3 Å². The van der Waals surface area contributed by atoms with Crippen molar-refractivity contribution in [2.75, 3.05) is 13.7 Å². The fourth-order valence-corrected chi connectivity index (χ4v) is 1.78. The van der Waals surface area contributed by atoms with Crippen LogP contribution in [0.25, 0.3) is 0 Å².